The lowest BCUT2D eigenvalue weighted by Gasteiger charge is -2.43. The van der Waals surface area contributed by atoms with Crippen LogP contribution in [-0.2, 0) is 9.53 Å². The molecule has 1 aliphatic heterocycles. The molecule has 0 spiro atoms. The van der Waals surface area contributed by atoms with Gasteiger partial charge in [-0.05, 0) is 11.5 Å². The molecule has 0 unspecified atom stereocenters. The van der Waals surface area contributed by atoms with Gasteiger partial charge in [-0.15, -0.1) is 0 Å². The highest BCUT2D eigenvalue weighted by molar-refractivity contribution is 14.1. The van der Waals surface area contributed by atoms with Crippen molar-refractivity contribution < 1.29 is 9.53 Å². The highest BCUT2D eigenvalue weighted by Crippen LogP contribution is 2.45. The molecule has 21 heavy (non-hydrogen) atoms. The largest absolute Gasteiger partial charge is 0.461 e. The minimum atomic E-state index is -0.0161. The van der Waals surface area contributed by atoms with Crippen LogP contribution in [0.1, 0.15) is 50.0 Å². The Kier molecular flexibility index (Phi) is 5.19. The minimum absolute atomic E-state index is 0.0161. The number of esters is 1. The van der Waals surface area contributed by atoms with Crippen molar-refractivity contribution in [3.63, 3.8) is 0 Å². The second-order valence-electron chi connectivity index (χ2n) is 6.38. The van der Waals surface area contributed by atoms with Crippen LogP contribution in [0, 0.1) is 11.8 Å². The van der Waals surface area contributed by atoms with Gasteiger partial charge in [0.05, 0.1) is 6.42 Å². The van der Waals surface area contributed by atoms with Crippen LogP contribution in [0.3, 0.4) is 0 Å². The number of alkyl halides is 1. The summed E-state index contributed by atoms with van der Waals surface area (Å²) < 4.78 is 6.62. The smallest absolute Gasteiger partial charge is 0.306 e. The van der Waals surface area contributed by atoms with Crippen molar-refractivity contribution in [1.29, 1.82) is 0 Å². The van der Waals surface area contributed by atoms with Gasteiger partial charge in [0, 0.05) is 16.3 Å². The molecule has 2 aliphatic rings. The van der Waals surface area contributed by atoms with Crippen LogP contribution < -0.4 is 0 Å². The van der Waals surface area contributed by atoms with Crippen molar-refractivity contribution in [2.24, 2.45) is 11.8 Å². The van der Waals surface area contributed by atoms with Crippen LogP contribution in [0.15, 0.2) is 30.3 Å². The van der Waals surface area contributed by atoms with Crippen LogP contribution in [-0.4, -0.2) is 16.5 Å². The van der Waals surface area contributed by atoms with Gasteiger partial charge < -0.3 is 4.74 Å². The first-order valence-electron chi connectivity index (χ1n) is 8.10. The number of halogens is 1. The molecular weight excluding hydrogens is 375 g/mol. The molecule has 1 aromatic carbocycles. The maximum Gasteiger partial charge on any atom is 0.306 e. The van der Waals surface area contributed by atoms with Crippen molar-refractivity contribution >= 4 is 28.6 Å². The van der Waals surface area contributed by atoms with Crippen molar-refractivity contribution in [3.05, 3.63) is 35.9 Å². The maximum absolute atomic E-state index is 12.0. The van der Waals surface area contributed by atoms with Crippen molar-refractivity contribution in [2.45, 2.75) is 50.5 Å². The van der Waals surface area contributed by atoms with E-state index in [-0.39, 0.29) is 12.1 Å². The quantitative estimate of drug-likeness (QED) is 0.419. The Morgan fingerprint density at radius 3 is 2.48 bits per heavy atom. The van der Waals surface area contributed by atoms with Gasteiger partial charge in [-0.2, -0.15) is 0 Å². The van der Waals surface area contributed by atoms with E-state index >= 15 is 0 Å². The third kappa shape index (κ3) is 3.43. The molecular formula is C18H23IO2. The Morgan fingerprint density at radius 2 is 1.81 bits per heavy atom. The van der Waals surface area contributed by atoms with Gasteiger partial charge >= 0.3 is 5.97 Å². The molecule has 3 heteroatoms. The molecule has 3 atom stereocenters. The first-order chi connectivity index (χ1) is 10.3. The molecule has 0 aromatic heterocycles. The number of carbonyl (C=O) groups is 1. The van der Waals surface area contributed by atoms with Crippen molar-refractivity contribution in [3.8, 4) is 0 Å². The van der Waals surface area contributed by atoms with E-state index in [1.165, 1.54) is 37.7 Å². The van der Waals surface area contributed by atoms with E-state index in [0.717, 1.165) is 10.3 Å². The molecule has 1 saturated carbocycles. The third-order valence-corrected chi connectivity index (χ3v) is 6.01. The zero-order valence-corrected chi connectivity index (χ0v) is 14.5. The second-order valence-corrected chi connectivity index (χ2v) is 7.26. The van der Waals surface area contributed by atoms with E-state index in [1.54, 1.807) is 0 Å². The summed E-state index contributed by atoms with van der Waals surface area (Å²) in [7, 11) is 0. The van der Waals surface area contributed by atoms with E-state index in [1.807, 2.05) is 0 Å². The lowest BCUT2D eigenvalue weighted by molar-refractivity contribution is -0.160. The number of benzene rings is 1. The van der Waals surface area contributed by atoms with E-state index in [2.05, 4.69) is 52.9 Å². The first kappa shape index (κ1) is 15.3. The molecule has 0 amide bonds. The first-order valence-corrected chi connectivity index (χ1v) is 9.62. The van der Waals surface area contributed by atoms with Gasteiger partial charge in [0.2, 0.25) is 0 Å². The number of cyclic esters (lactones) is 1. The molecule has 1 aliphatic carbocycles. The standard InChI is InChI=1S/C18H23IO2/c19-12-16-18(14-9-5-2-6-10-14)15(11-17(20)21-16)13-7-3-1-4-8-13/h1,3-4,7-8,14-16,18H,2,5-6,9-12H2/t15-,16+,18-/m0/s1. The fraction of sp³-hybridized carbons (Fsp3) is 0.611. The molecule has 3 rings (SSSR count). The summed E-state index contributed by atoms with van der Waals surface area (Å²) in [6.45, 7) is 0. The molecule has 0 radical (unpaired) electrons. The van der Waals surface area contributed by atoms with Gasteiger partial charge in [0.15, 0.2) is 0 Å². The van der Waals surface area contributed by atoms with E-state index < -0.39 is 0 Å². The average Bonchev–Trinajstić information content (AvgIpc) is 2.55. The van der Waals surface area contributed by atoms with Gasteiger partial charge in [-0.1, -0.05) is 85.0 Å². The zero-order valence-electron chi connectivity index (χ0n) is 12.3. The van der Waals surface area contributed by atoms with E-state index in [4.69, 9.17) is 4.74 Å². The fourth-order valence-electron chi connectivity index (χ4n) is 4.20. The Balaban J connectivity index is 1.90. The van der Waals surface area contributed by atoms with Crippen molar-refractivity contribution in [2.75, 3.05) is 4.43 Å². The summed E-state index contributed by atoms with van der Waals surface area (Å²) >= 11 is 2.38. The molecule has 0 N–H and O–H groups in total. The van der Waals surface area contributed by atoms with Crippen LogP contribution in [0.5, 0.6) is 0 Å². The van der Waals surface area contributed by atoms with E-state index in [0.29, 0.717) is 18.3 Å². The summed E-state index contributed by atoms with van der Waals surface area (Å²) in [5, 5.41) is 0. The fourth-order valence-corrected chi connectivity index (χ4v) is 4.96. The number of ether oxygens (including phenoxy) is 1. The lowest BCUT2D eigenvalue weighted by Crippen LogP contribution is -2.43. The predicted molar refractivity (Wildman–Crippen MR) is 92.6 cm³/mol. The summed E-state index contributed by atoms with van der Waals surface area (Å²) in [6, 6.07) is 10.6. The second kappa shape index (κ2) is 7.12. The monoisotopic (exact) mass is 398 g/mol. The Morgan fingerprint density at radius 1 is 1.10 bits per heavy atom. The van der Waals surface area contributed by atoms with Gasteiger partial charge in [0.25, 0.3) is 0 Å². The van der Waals surface area contributed by atoms with Gasteiger partial charge in [-0.3, -0.25) is 4.79 Å². The average molecular weight is 398 g/mol. The van der Waals surface area contributed by atoms with Crippen LogP contribution in [0.25, 0.3) is 0 Å². The topological polar surface area (TPSA) is 26.3 Å². The molecule has 114 valence electrons. The minimum Gasteiger partial charge on any atom is -0.461 e. The maximum atomic E-state index is 12.0. The molecule has 1 saturated heterocycles. The molecule has 2 nitrogen and oxygen atoms in total. The van der Waals surface area contributed by atoms with E-state index in [9.17, 15) is 4.79 Å². The predicted octanol–water partition coefficient (Wildman–Crippen LogP) is 4.72. The molecule has 0 bridgehead atoms. The highest BCUT2D eigenvalue weighted by atomic mass is 127. The number of carbonyl (C=O) groups excluding carboxylic acids is 1. The molecule has 1 aromatic rings. The van der Waals surface area contributed by atoms with Crippen molar-refractivity contribution in [1.82, 2.24) is 0 Å². The Bertz CT molecular complexity index is 467. The lowest BCUT2D eigenvalue weighted by atomic mass is 9.68. The normalized spacial score (nSPS) is 30.9. The summed E-state index contributed by atoms with van der Waals surface area (Å²) in [5.41, 5.74) is 1.32. The van der Waals surface area contributed by atoms with Crippen LogP contribution in [0.4, 0.5) is 0 Å². The molecule has 1 heterocycles. The van der Waals surface area contributed by atoms with Crippen LogP contribution in [0.2, 0.25) is 0 Å². The summed E-state index contributed by atoms with van der Waals surface area (Å²) in [4.78, 5) is 12.0. The number of rotatable bonds is 3. The van der Waals surface area contributed by atoms with Gasteiger partial charge in [0.1, 0.15) is 6.10 Å². The highest BCUT2D eigenvalue weighted by Gasteiger charge is 2.43. The number of hydrogen-bond acceptors (Lipinski definition) is 2. The number of hydrogen-bond donors (Lipinski definition) is 0. The summed E-state index contributed by atoms with van der Waals surface area (Å²) in [6.07, 6.45) is 7.30. The SMILES string of the molecule is O=C1C[C@@H](c2ccccc2)[C@H](C2CCCCC2)[C@@H](CI)O1. The zero-order chi connectivity index (χ0) is 14.7. The van der Waals surface area contributed by atoms with Gasteiger partial charge in [-0.25, -0.2) is 0 Å². The Hall–Kier alpha value is -0.580. The third-order valence-electron chi connectivity index (χ3n) is 5.14. The summed E-state index contributed by atoms with van der Waals surface area (Å²) in [5.74, 6) is 1.55. The Labute approximate surface area is 140 Å². The van der Waals surface area contributed by atoms with Crippen LogP contribution >= 0.6 is 22.6 Å². The molecule has 2 fully saturated rings.